The molecule has 0 aromatic rings. The summed E-state index contributed by atoms with van der Waals surface area (Å²) in [7, 11) is 0. The summed E-state index contributed by atoms with van der Waals surface area (Å²) in [4.78, 5) is 38.1. The first-order chi connectivity index (χ1) is 38.0. The summed E-state index contributed by atoms with van der Waals surface area (Å²) in [5.41, 5.74) is 0. The minimum Gasteiger partial charge on any atom is -0.462 e. The van der Waals surface area contributed by atoms with Gasteiger partial charge in [0.2, 0.25) is 0 Å². The number of allylic oxidation sites excluding steroid dienone is 10. The van der Waals surface area contributed by atoms with Gasteiger partial charge in [-0.1, -0.05) is 306 Å². The van der Waals surface area contributed by atoms with Gasteiger partial charge in [0.15, 0.2) is 6.10 Å². The summed E-state index contributed by atoms with van der Waals surface area (Å²) in [6, 6.07) is 0. The molecular weight excluding hydrogens is 949 g/mol. The molecule has 6 nitrogen and oxygen atoms in total. The van der Waals surface area contributed by atoms with E-state index in [0.717, 1.165) is 77.0 Å². The smallest absolute Gasteiger partial charge is 0.306 e. The van der Waals surface area contributed by atoms with Crippen molar-refractivity contribution in [3.05, 3.63) is 60.8 Å². The van der Waals surface area contributed by atoms with Crippen molar-refractivity contribution in [1.82, 2.24) is 0 Å². The van der Waals surface area contributed by atoms with Gasteiger partial charge in [0.05, 0.1) is 0 Å². The first-order valence-corrected chi connectivity index (χ1v) is 33.8. The van der Waals surface area contributed by atoms with E-state index in [1.807, 2.05) is 0 Å². The van der Waals surface area contributed by atoms with Crippen LogP contribution in [0.3, 0.4) is 0 Å². The molecule has 1 atom stereocenters. The van der Waals surface area contributed by atoms with E-state index in [1.54, 1.807) is 0 Å². The number of rotatable bonds is 62. The number of carbonyl (C=O) groups excluding carboxylic acids is 3. The Morgan fingerprint density at radius 1 is 0.260 bits per heavy atom. The van der Waals surface area contributed by atoms with E-state index < -0.39 is 6.10 Å². The number of hydrogen-bond donors (Lipinski definition) is 0. The van der Waals surface area contributed by atoms with E-state index in [4.69, 9.17) is 14.2 Å². The molecule has 0 heterocycles. The fourth-order valence-electron chi connectivity index (χ4n) is 9.89. The Bertz CT molecular complexity index is 1380. The van der Waals surface area contributed by atoms with E-state index in [0.29, 0.717) is 19.3 Å². The summed E-state index contributed by atoms with van der Waals surface area (Å²) in [5.74, 6) is -0.863. The third-order valence-corrected chi connectivity index (χ3v) is 15.0. The van der Waals surface area contributed by atoms with Gasteiger partial charge >= 0.3 is 17.9 Å². The van der Waals surface area contributed by atoms with E-state index in [-0.39, 0.29) is 31.1 Å². The molecule has 0 amide bonds. The fourth-order valence-corrected chi connectivity index (χ4v) is 9.89. The number of ether oxygens (including phenoxy) is 3. The molecule has 0 saturated heterocycles. The van der Waals surface area contributed by atoms with Crippen LogP contribution in [0.4, 0.5) is 0 Å². The first kappa shape index (κ1) is 74.1. The molecular formula is C71H128O6. The SMILES string of the molecule is CCCCCCC/C=C\C/C=C\C/C=C\CCCCCCCCCCCCCCCCC(=O)OCC(COC(=O)CCCCCCCCC)OC(=O)CCCCCCCCCCCCC/C=C\C/C=C\CCCCCCC. The van der Waals surface area contributed by atoms with Crippen molar-refractivity contribution in [2.45, 2.75) is 361 Å². The van der Waals surface area contributed by atoms with Gasteiger partial charge in [-0.3, -0.25) is 14.4 Å². The second-order valence-electron chi connectivity index (χ2n) is 22.7. The van der Waals surface area contributed by atoms with E-state index >= 15 is 0 Å². The maximum absolute atomic E-state index is 12.9. The number of esters is 3. The molecule has 0 rings (SSSR count). The summed E-state index contributed by atoms with van der Waals surface area (Å²) in [6.07, 6.45) is 84.1. The second-order valence-corrected chi connectivity index (χ2v) is 22.7. The molecule has 0 aromatic carbocycles. The lowest BCUT2D eigenvalue weighted by Gasteiger charge is -2.18. The number of hydrogen-bond acceptors (Lipinski definition) is 6. The molecule has 448 valence electrons. The Labute approximate surface area is 479 Å². The molecule has 0 fully saturated rings. The number of carbonyl (C=O) groups is 3. The monoisotopic (exact) mass is 1080 g/mol. The van der Waals surface area contributed by atoms with Crippen LogP contribution in [-0.4, -0.2) is 37.2 Å². The molecule has 0 N–H and O–H groups in total. The van der Waals surface area contributed by atoms with Gasteiger partial charge in [-0.15, -0.1) is 0 Å². The Hall–Kier alpha value is -2.89. The summed E-state index contributed by atoms with van der Waals surface area (Å²) >= 11 is 0. The van der Waals surface area contributed by atoms with Gasteiger partial charge in [0, 0.05) is 19.3 Å². The highest BCUT2D eigenvalue weighted by atomic mass is 16.6. The third kappa shape index (κ3) is 63.8. The molecule has 0 aliphatic carbocycles. The average molecular weight is 1080 g/mol. The van der Waals surface area contributed by atoms with Crippen LogP contribution in [0.15, 0.2) is 60.8 Å². The maximum atomic E-state index is 12.9. The molecule has 0 aliphatic rings. The molecule has 0 aromatic heterocycles. The van der Waals surface area contributed by atoms with Crippen LogP contribution in [-0.2, 0) is 28.6 Å². The molecule has 1 unspecified atom stereocenters. The molecule has 6 heteroatoms. The van der Waals surface area contributed by atoms with Gasteiger partial charge in [-0.25, -0.2) is 0 Å². The lowest BCUT2D eigenvalue weighted by Crippen LogP contribution is -2.30. The van der Waals surface area contributed by atoms with Crippen molar-refractivity contribution in [2.24, 2.45) is 0 Å². The summed E-state index contributed by atoms with van der Waals surface area (Å²) in [6.45, 7) is 6.62. The average Bonchev–Trinajstić information content (AvgIpc) is 3.43. The van der Waals surface area contributed by atoms with Crippen molar-refractivity contribution in [1.29, 1.82) is 0 Å². The van der Waals surface area contributed by atoms with E-state index in [2.05, 4.69) is 81.5 Å². The van der Waals surface area contributed by atoms with Gasteiger partial charge in [-0.2, -0.15) is 0 Å². The summed E-state index contributed by atoms with van der Waals surface area (Å²) < 4.78 is 16.9. The predicted octanol–water partition coefficient (Wildman–Crippen LogP) is 23.1. The molecule has 0 spiro atoms. The number of unbranched alkanes of at least 4 members (excludes halogenated alkanes) is 41. The zero-order valence-corrected chi connectivity index (χ0v) is 51.5. The topological polar surface area (TPSA) is 78.9 Å². The highest BCUT2D eigenvalue weighted by Crippen LogP contribution is 2.17. The van der Waals surface area contributed by atoms with Gasteiger partial charge in [-0.05, 0) is 89.9 Å². The summed E-state index contributed by atoms with van der Waals surface area (Å²) in [5, 5.41) is 0. The second kappa shape index (κ2) is 65.6. The van der Waals surface area contributed by atoms with Crippen molar-refractivity contribution in [3.8, 4) is 0 Å². The van der Waals surface area contributed by atoms with Crippen LogP contribution in [0, 0.1) is 0 Å². The fraction of sp³-hybridized carbons (Fsp3) is 0.817. The van der Waals surface area contributed by atoms with Crippen LogP contribution >= 0.6 is 0 Å². The van der Waals surface area contributed by atoms with Gasteiger partial charge in [0.1, 0.15) is 13.2 Å². The van der Waals surface area contributed by atoms with Crippen molar-refractivity contribution in [3.63, 3.8) is 0 Å². The van der Waals surface area contributed by atoms with E-state index in [1.165, 1.54) is 238 Å². The maximum Gasteiger partial charge on any atom is 0.306 e. The molecule has 0 aliphatic heterocycles. The molecule has 0 saturated carbocycles. The van der Waals surface area contributed by atoms with Crippen molar-refractivity contribution < 1.29 is 28.6 Å². The minimum absolute atomic E-state index is 0.0720. The molecule has 77 heavy (non-hydrogen) atoms. The van der Waals surface area contributed by atoms with Crippen molar-refractivity contribution in [2.75, 3.05) is 13.2 Å². The third-order valence-electron chi connectivity index (χ3n) is 15.0. The van der Waals surface area contributed by atoms with Gasteiger partial charge < -0.3 is 14.2 Å². The Morgan fingerprint density at radius 3 is 0.727 bits per heavy atom. The van der Waals surface area contributed by atoms with Crippen molar-refractivity contribution >= 4 is 17.9 Å². The highest BCUT2D eigenvalue weighted by Gasteiger charge is 2.19. The van der Waals surface area contributed by atoms with Crippen LogP contribution in [0.1, 0.15) is 355 Å². The largest absolute Gasteiger partial charge is 0.462 e. The quantitative estimate of drug-likeness (QED) is 0.0261. The van der Waals surface area contributed by atoms with Crippen LogP contribution in [0.2, 0.25) is 0 Å². The molecule has 0 bridgehead atoms. The lowest BCUT2D eigenvalue weighted by atomic mass is 10.0. The normalized spacial score (nSPS) is 12.4. The Morgan fingerprint density at radius 2 is 0.468 bits per heavy atom. The van der Waals surface area contributed by atoms with Gasteiger partial charge in [0.25, 0.3) is 0 Å². The van der Waals surface area contributed by atoms with E-state index in [9.17, 15) is 14.4 Å². The van der Waals surface area contributed by atoms with Crippen LogP contribution in [0.5, 0.6) is 0 Å². The minimum atomic E-state index is -0.772. The standard InChI is InChI=1S/C71H128O6/c1-4-7-10-13-16-18-20-22-24-26-28-30-32-33-34-35-36-37-39-40-42-44-46-48-50-52-55-58-61-64-70(73)76-67-68(66-75-69(72)63-60-57-54-15-12-9-6-3)77-71(74)65-62-59-56-53-51-49-47-45-43-41-38-31-29-27-25-23-21-19-17-14-11-8-5-2/h20-23,26-29,32-33,68H,4-19,24-25,30-31,34-67H2,1-3H3/b22-20-,23-21-,28-26-,29-27-,33-32-. The van der Waals surface area contributed by atoms with Crippen LogP contribution < -0.4 is 0 Å². The first-order valence-electron chi connectivity index (χ1n) is 33.8. The highest BCUT2D eigenvalue weighted by molar-refractivity contribution is 5.71. The molecule has 0 radical (unpaired) electrons. The Kier molecular flexibility index (Phi) is 63.2. The zero-order chi connectivity index (χ0) is 55.7. The predicted molar refractivity (Wildman–Crippen MR) is 335 cm³/mol. The zero-order valence-electron chi connectivity index (χ0n) is 51.5. The lowest BCUT2D eigenvalue weighted by molar-refractivity contribution is -0.167. The Balaban J connectivity index is 4.08. The van der Waals surface area contributed by atoms with Crippen LogP contribution in [0.25, 0.3) is 0 Å².